The maximum Gasteiger partial charge on any atom is 0.223 e. The second-order valence-electron chi connectivity index (χ2n) is 5.36. The number of hydrogen-bond donors (Lipinski definition) is 1. The molecule has 0 aromatic heterocycles. The van der Waals surface area contributed by atoms with Gasteiger partial charge < -0.3 is 10.2 Å². The Bertz CT molecular complexity index is 437. The normalized spacial score (nSPS) is 31.0. The Morgan fingerprint density at radius 3 is 2.67 bits per heavy atom. The number of hydrogen-bond acceptors (Lipinski definition) is 4. The second-order valence-corrected chi connectivity index (χ2v) is 7.34. The van der Waals surface area contributed by atoms with Gasteiger partial charge in [0, 0.05) is 51.1 Å². The van der Waals surface area contributed by atoms with E-state index in [1.54, 1.807) is 0 Å². The van der Waals surface area contributed by atoms with Gasteiger partial charge in [-0.15, -0.1) is 0 Å². The molecule has 2 aliphatic heterocycles. The number of nitrogens with one attached hydrogen (secondary N) is 1. The first kappa shape index (κ1) is 13.8. The zero-order valence-corrected chi connectivity index (χ0v) is 11.8. The van der Waals surface area contributed by atoms with Crippen molar-refractivity contribution in [2.24, 2.45) is 5.41 Å². The summed E-state index contributed by atoms with van der Waals surface area (Å²) in [6.45, 7) is 5.59. The van der Waals surface area contributed by atoms with Crippen LogP contribution in [0.5, 0.6) is 0 Å². The third-order valence-corrected chi connectivity index (χ3v) is 5.06. The lowest BCUT2D eigenvalue weighted by Crippen LogP contribution is -2.43. The van der Waals surface area contributed by atoms with Crippen molar-refractivity contribution >= 4 is 15.9 Å². The smallest absolute Gasteiger partial charge is 0.223 e. The van der Waals surface area contributed by atoms with Crippen molar-refractivity contribution in [3.05, 3.63) is 0 Å². The van der Waals surface area contributed by atoms with Gasteiger partial charge in [-0.05, 0) is 6.92 Å². The summed E-state index contributed by atoms with van der Waals surface area (Å²) < 4.78 is 24.9. The van der Waals surface area contributed by atoms with Crippen LogP contribution in [-0.2, 0) is 14.8 Å². The minimum Gasteiger partial charge on any atom is -0.342 e. The van der Waals surface area contributed by atoms with E-state index in [1.165, 1.54) is 10.6 Å². The fourth-order valence-electron chi connectivity index (χ4n) is 2.84. The van der Waals surface area contributed by atoms with Crippen LogP contribution in [0, 0.1) is 5.41 Å². The van der Waals surface area contributed by atoms with E-state index in [4.69, 9.17) is 0 Å². The molecule has 2 saturated heterocycles. The summed E-state index contributed by atoms with van der Waals surface area (Å²) in [6.07, 6.45) is 1.68. The zero-order valence-electron chi connectivity index (χ0n) is 11.0. The summed E-state index contributed by atoms with van der Waals surface area (Å²) in [5.41, 5.74) is -0.257. The van der Waals surface area contributed by atoms with E-state index in [-0.39, 0.29) is 11.3 Å². The molecule has 2 rings (SSSR count). The molecule has 7 heteroatoms. The van der Waals surface area contributed by atoms with E-state index >= 15 is 0 Å². The lowest BCUT2D eigenvalue weighted by Gasteiger charge is -2.30. The fourth-order valence-corrected chi connectivity index (χ4v) is 3.77. The SMILES string of the molecule is CCN1CC2(CNCCN(S(C)(=O)=O)C2)CC1=O. The molecule has 0 radical (unpaired) electrons. The van der Waals surface area contributed by atoms with E-state index in [1.807, 2.05) is 11.8 Å². The number of sulfonamides is 1. The highest BCUT2D eigenvalue weighted by Gasteiger charge is 2.45. The van der Waals surface area contributed by atoms with Crippen molar-refractivity contribution in [3.8, 4) is 0 Å². The molecule has 1 N–H and O–H groups in total. The van der Waals surface area contributed by atoms with Gasteiger partial charge in [-0.2, -0.15) is 0 Å². The predicted octanol–water partition coefficient (Wildman–Crippen LogP) is -0.910. The summed E-state index contributed by atoms with van der Waals surface area (Å²) in [7, 11) is -3.19. The summed E-state index contributed by atoms with van der Waals surface area (Å²) in [5, 5.41) is 3.26. The third-order valence-electron chi connectivity index (χ3n) is 3.81. The highest BCUT2D eigenvalue weighted by molar-refractivity contribution is 7.88. The maximum absolute atomic E-state index is 11.9. The van der Waals surface area contributed by atoms with E-state index in [0.29, 0.717) is 45.7 Å². The van der Waals surface area contributed by atoms with Gasteiger partial charge >= 0.3 is 0 Å². The molecule has 104 valence electrons. The van der Waals surface area contributed by atoms with Crippen LogP contribution >= 0.6 is 0 Å². The molecule has 0 bridgehead atoms. The van der Waals surface area contributed by atoms with Gasteiger partial charge in [-0.25, -0.2) is 12.7 Å². The molecule has 0 aromatic rings. The Hall–Kier alpha value is -0.660. The molecule has 0 saturated carbocycles. The first-order chi connectivity index (χ1) is 8.36. The Balaban J connectivity index is 2.20. The first-order valence-electron chi connectivity index (χ1n) is 6.30. The summed E-state index contributed by atoms with van der Waals surface area (Å²) in [6, 6.07) is 0. The third kappa shape index (κ3) is 2.67. The van der Waals surface area contributed by atoms with Crippen LogP contribution in [0.1, 0.15) is 13.3 Å². The van der Waals surface area contributed by atoms with Crippen LogP contribution in [-0.4, -0.2) is 69.1 Å². The largest absolute Gasteiger partial charge is 0.342 e. The van der Waals surface area contributed by atoms with Crippen molar-refractivity contribution in [1.29, 1.82) is 0 Å². The average Bonchev–Trinajstić information content (AvgIpc) is 2.45. The molecule has 1 atom stereocenters. The number of carbonyl (C=O) groups excluding carboxylic acids is 1. The fraction of sp³-hybridized carbons (Fsp3) is 0.909. The molecule has 0 aliphatic carbocycles. The van der Waals surface area contributed by atoms with Gasteiger partial charge in [0.1, 0.15) is 0 Å². The zero-order chi connectivity index (χ0) is 13.4. The van der Waals surface area contributed by atoms with E-state index in [0.717, 1.165) is 0 Å². The van der Waals surface area contributed by atoms with Gasteiger partial charge in [0.25, 0.3) is 0 Å². The van der Waals surface area contributed by atoms with E-state index in [9.17, 15) is 13.2 Å². The van der Waals surface area contributed by atoms with Gasteiger partial charge in [0.05, 0.1) is 6.26 Å². The van der Waals surface area contributed by atoms with Gasteiger partial charge in [-0.3, -0.25) is 4.79 Å². The highest BCUT2D eigenvalue weighted by atomic mass is 32.2. The minimum atomic E-state index is -3.19. The number of nitrogens with zero attached hydrogens (tertiary/aromatic N) is 2. The first-order valence-corrected chi connectivity index (χ1v) is 8.15. The predicted molar refractivity (Wildman–Crippen MR) is 68.6 cm³/mol. The van der Waals surface area contributed by atoms with Crippen molar-refractivity contribution < 1.29 is 13.2 Å². The topological polar surface area (TPSA) is 69.7 Å². The van der Waals surface area contributed by atoms with E-state index < -0.39 is 10.0 Å². The van der Waals surface area contributed by atoms with Gasteiger partial charge in [-0.1, -0.05) is 0 Å². The standard InChI is InChI=1S/C11H21N3O3S/c1-3-13-8-11(6-10(13)15)7-12-4-5-14(9-11)18(2,16)17/h12H,3-9H2,1-2H3. The quantitative estimate of drug-likeness (QED) is 0.708. The number of likely N-dealkylation sites (tertiary alicyclic amines) is 1. The number of carbonyl (C=O) groups is 1. The van der Waals surface area contributed by atoms with Crippen LogP contribution in [0.4, 0.5) is 0 Å². The molecule has 6 nitrogen and oxygen atoms in total. The minimum absolute atomic E-state index is 0.134. The second kappa shape index (κ2) is 4.79. The van der Waals surface area contributed by atoms with E-state index in [2.05, 4.69) is 5.32 Å². The van der Waals surface area contributed by atoms with Crippen molar-refractivity contribution in [3.63, 3.8) is 0 Å². The Kier molecular flexibility index (Phi) is 3.66. The molecular weight excluding hydrogens is 254 g/mol. The van der Waals surface area contributed by atoms with Crippen molar-refractivity contribution in [2.45, 2.75) is 13.3 Å². The maximum atomic E-state index is 11.9. The number of amides is 1. The molecule has 2 aliphatic rings. The van der Waals surface area contributed by atoms with Crippen LogP contribution < -0.4 is 5.32 Å². The molecule has 2 heterocycles. The Morgan fingerprint density at radius 1 is 1.39 bits per heavy atom. The van der Waals surface area contributed by atoms with Crippen molar-refractivity contribution in [2.75, 3.05) is 45.5 Å². The lowest BCUT2D eigenvalue weighted by molar-refractivity contribution is -0.127. The Labute approximate surface area is 108 Å². The van der Waals surface area contributed by atoms with Crippen LogP contribution in [0.15, 0.2) is 0 Å². The highest BCUT2D eigenvalue weighted by Crippen LogP contribution is 2.33. The lowest BCUT2D eigenvalue weighted by atomic mass is 9.87. The van der Waals surface area contributed by atoms with Crippen LogP contribution in [0.2, 0.25) is 0 Å². The molecule has 1 unspecified atom stereocenters. The monoisotopic (exact) mass is 275 g/mol. The van der Waals surface area contributed by atoms with Crippen molar-refractivity contribution in [1.82, 2.24) is 14.5 Å². The van der Waals surface area contributed by atoms with Gasteiger partial charge in [0.2, 0.25) is 15.9 Å². The van der Waals surface area contributed by atoms with Gasteiger partial charge in [0.15, 0.2) is 0 Å². The molecule has 2 fully saturated rings. The summed E-state index contributed by atoms with van der Waals surface area (Å²) in [5.74, 6) is 0.134. The molecule has 1 amide bonds. The molecular formula is C11H21N3O3S. The average molecular weight is 275 g/mol. The van der Waals surface area contributed by atoms with Crippen LogP contribution in [0.25, 0.3) is 0 Å². The van der Waals surface area contributed by atoms with Crippen LogP contribution in [0.3, 0.4) is 0 Å². The Morgan fingerprint density at radius 2 is 2.11 bits per heavy atom. The molecule has 18 heavy (non-hydrogen) atoms. The summed E-state index contributed by atoms with van der Waals surface area (Å²) in [4.78, 5) is 13.7. The molecule has 0 aromatic carbocycles. The number of rotatable bonds is 2. The summed E-state index contributed by atoms with van der Waals surface area (Å²) >= 11 is 0. The molecule has 1 spiro atoms.